The molecule has 98 valence electrons. The molecule has 2 bridgehead atoms. The minimum atomic E-state index is 0.151. The average molecular weight is 319 g/mol. The topological polar surface area (TPSA) is 37.3 Å². The first kappa shape index (κ1) is 11.7. The lowest BCUT2D eigenvalue weighted by molar-refractivity contribution is -0.118. The van der Waals surface area contributed by atoms with E-state index in [4.69, 9.17) is 0 Å². The van der Waals surface area contributed by atoms with Gasteiger partial charge in [0.15, 0.2) is 5.78 Å². The van der Waals surface area contributed by atoms with E-state index < -0.39 is 0 Å². The molecule has 4 rings (SSSR count). The summed E-state index contributed by atoms with van der Waals surface area (Å²) in [6.07, 6.45) is 4.08. The third kappa shape index (κ3) is 1.29. The average Bonchev–Trinajstić information content (AvgIpc) is 2.93. The van der Waals surface area contributed by atoms with Crippen LogP contribution in [0.25, 0.3) is 5.57 Å². The Hall–Kier alpha value is -1.09. The number of hydrogen-bond donors (Lipinski definition) is 1. The van der Waals surface area contributed by atoms with E-state index in [2.05, 4.69) is 15.9 Å². The standard InChI is InChI=1S/C16H15BrO2/c1-8-11-7-16-5-4-9(6-16)15(19)14(17)13(16)10(11)2-3-12(8)18/h2-3,9,18H,4-7H2,1H3/t9-,16+/m0/s1. The van der Waals surface area contributed by atoms with Crippen LogP contribution in [0.3, 0.4) is 0 Å². The molecular weight excluding hydrogens is 304 g/mol. The van der Waals surface area contributed by atoms with Crippen LogP contribution in [0.5, 0.6) is 5.75 Å². The number of Topliss-reactive ketones (excluding diaryl/α,β-unsaturated/α-hetero) is 1. The second-order valence-corrected chi connectivity index (χ2v) is 6.98. The normalized spacial score (nSPS) is 31.7. The number of ketones is 1. The first-order valence-corrected chi connectivity index (χ1v) is 7.59. The maximum absolute atomic E-state index is 12.3. The molecule has 1 saturated carbocycles. The second kappa shape index (κ2) is 3.51. The number of benzene rings is 1. The van der Waals surface area contributed by atoms with Crippen LogP contribution < -0.4 is 0 Å². The zero-order valence-corrected chi connectivity index (χ0v) is 12.4. The number of hydrogen-bond acceptors (Lipinski definition) is 2. The SMILES string of the molecule is Cc1c(O)ccc2c1C[C@@]13CC[C@@H](C1)C(=O)C(Br)=C23. The van der Waals surface area contributed by atoms with Gasteiger partial charge in [0, 0.05) is 11.3 Å². The molecule has 19 heavy (non-hydrogen) atoms. The summed E-state index contributed by atoms with van der Waals surface area (Å²) in [7, 11) is 0. The Bertz CT molecular complexity index is 659. The van der Waals surface area contributed by atoms with Crippen molar-refractivity contribution >= 4 is 27.3 Å². The Balaban J connectivity index is 2.03. The lowest BCUT2D eigenvalue weighted by atomic mass is 9.74. The smallest absolute Gasteiger partial charge is 0.173 e. The van der Waals surface area contributed by atoms with Crippen LogP contribution in [0.15, 0.2) is 16.6 Å². The number of carbonyl (C=O) groups excluding carboxylic acids is 1. The monoisotopic (exact) mass is 318 g/mol. The van der Waals surface area contributed by atoms with Crippen LogP contribution in [0, 0.1) is 18.3 Å². The highest BCUT2D eigenvalue weighted by atomic mass is 79.9. The van der Waals surface area contributed by atoms with Gasteiger partial charge in [-0.05, 0) is 76.9 Å². The number of rotatable bonds is 0. The summed E-state index contributed by atoms with van der Waals surface area (Å²) in [5, 5.41) is 9.91. The molecule has 0 aromatic heterocycles. The van der Waals surface area contributed by atoms with Crippen LogP contribution in [-0.4, -0.2) is 10.9 Å². The highest BCUT2D eigenvalue weighted by Gasteiger charge is 2.54. The summed E-state index contributed by atoms with van der Waals surface area (Å²) in [6, 6.07) is 3.74. The van der Waals surface area contributed by atoms with Crippen LogP contribution in [-0.2, 0) is 11.2 Å². The highest BCUT2D eigenvalue weighted by Crippen LogP contribution is 2.63. The number of carbonyl (C=O) groups is 1. The summed E-state index contributed by atoms with van der Waals surface area (Å²) >= 11 is 3.56. The van der Waals surface area contributed by atoms with Crippen LogP contribution in [0.1, 0.15) is 36.0 Å². The van der Waals surface area contributed by atoms with Gasteiger partial charge in [-0.1, -0.05) is 6.07 Å². The zero-order chi connectivity index (χ0) is 13.4. The number of fused-ring (bicyclic) bond motifs is 3. The molecule has 1 aromatic rings. The summed E-state index contributed by atoms with van der Waals surface area (Å²) in [5.74, 6) is 0.856. The van der Waals surface area contributed by atoms with E-state index in [9.17, 15) is 9.90 Å². The maximum Gasteiger partial charge on any atom is 0.173 e. The molecule has 1 spiro atoms. The summed E-state index contributed by atoms with van der Waals surface area (Å²) in [6.45, 7) is 1.98. The fraction of sp³-hybridized carbons (Fsp3) is 0.438. The van der Waals surface area contributed by atoms with Gasteiger partial charge in [-0.25, -0.2) is 0 Å². The molecule has 3 heteroatoms. The molecule has 0 heterocycles. The Morgan fingerprint density at radius 2 is 2.21 bits per heavy atom. The van der Waals surface area contributed by atoms with Gasteiger partial charge in [0.1, 0.15) is 5.75 Å². The first-order chi connectivity index (χ1) is 9.03. The van der Waals surface area contributed by atoms with E-state index in [-0.39, 0.29) is 17.1 Å². The van der Waals surface area contributed by atoms with Gasteiger partial charge in [0.05, 0.1) is 4.48 Å². The van der Waals surface area contributed by atoms with E-state index in [0.717, 1.165) is 35.7 Å². The van der Waals surface area contributed by atoms with E-state index in [1.165, 1.54) is 16.7 Å². The molecule has 0 aliphatic heterocycles. The molecular formula is C16H15BrO2. The molecule has 0 unspecified atom stereocenters. The predicted octanol–water partition coefficient (Wildman–Crippen LogP) is 3.73. The van der Waals surface area contributed by atoms with Gasteiger partial charge in [-0.15, -0.1) is 0 Å². The van der Waals surface area contributed by atoms with Crippen molar-refractivity contribution in [1.29, 1.82) is 0 Å². The molecule has 1 fully saturated rings. The second-order valence-electron chi connectivity index (χ2n) is 6.19. The molecule has 0 radical (unpaired) electrons. The zero-order valence-electron chi connectivity index (χ0n) is 10.8. The van der Waals surface area contributed by atoms with E-state index in [1.807, 2.05) is 13.0 Å². The van der Waals surface area contributed by atoms with Gasteiger partial charge in [0.2, 0.25) is 0 Å². The number of aromatic hydroxyl groups is 1. The van der Waals surface area contributed by atoms with Gasteiger partial charge < -0.3 is 5.11 Å². The lowest BCUT2D eigenvalue weighted by Crippen LogP contribution is -2.25. The molecule has 2 atom stereocenters. The van der Waals surface area contributed by atoms with Gasteiger partial charge in [0.25, 0.3) is 0 Å². The quantitative estimate of drug-likeness (QED) is 0.791. The van der Waals surface area contributed by atoms with Crippen molar-refractivity contribution < 1.29 is 9.90 Å². The Kier molecular flexibility index (Phi) is 2.17. The first-order valence-electron chi connectivity index (χ1n) is 6.80. The molecule has 1 aromatic carbocycles. The largest absolute Gasteiger partial charge is 0.508 e. The lowest BCUT2D eigenvalue weighted by Gasteiger charge is -2.30. The Labute approximate surface area is 120 Å². The Morgan fingerprint density at radius 1 is 1.42 bits per heavy atom. The number of halogens is 1. The van der Waals surface area contributed by atoms with E-state index in [0.29, 0.717) is 5.75 Å². The van der Waals surface area contributed by atoms with Crippen LogP contribution in [0.4, 0.5) is 0 Å². The fourth-order valence-electron chi connectivity index (χ4n) is 4.31. The van der Waals surface area contributed by atoms with E-state index in [1.54, 1.807) is 6.07 Å². The third-order valence-electron chi connectivity index (χ3n) is 5.30. The number of phenols is 1. The minimum Gasteiger partial charge on any atom is -0.508 e. The minimum absolute atomic E-state index is 0.151. The summed E-state index contributed by atoms with van der Waals surface area (Å²) in [5.41, 5.74) is 4.76. The van der Waals surface area contributed by atoms with Crippen molar-refractivity contribution in [3.8, 4) is 5.75 Å². The van der Waals surface area contributed by atoms with Crippen molar-refractivity contribution in [1.82, 2.24) is 0 Å². The summed E-state index contributed by atoms with van der Waals surface area (Å²) in [4.78, 5) is 12.3. The molecule has 0 saturated heterocycles. The van der Waals surface area contributed by atoms with Crippen molar-refractivity contribution in [3.63, 3.8) is 0 Å². The maximum atomic E-state index is 12.3. The molecule has 2 nitrogen and oxygen atoms in total. The van der Waals surface area contributed by atoms with Crippen LogP contribution >= 0.6 is 15.9 Å². The van der Waals surface area contributed by atoms with Crippen molar-refractivity contribution in [2.75, 3.05) is 0 Å². The third-order valence-corrected chi connectivity index (χ3v) is 6.09. The van der Waals surface area contributed by atoms with Crippen molar-refractivity contribution in [2.45, 2.75) is 32.6 Å². The van der Waals surface area contributed by atoms with E-state index >= 15 is 0 Å². The van der Waals surface area contributed by atoms with Gasteiger partial charge in [-0.3, -0.25) is 4.79 Å². The number of phenolic OH excluding ortho intramolecular Hbond substituents is 1. The fourth-order valence-corrected chi connectivity index (χ4v) is 5.27. The molecule has 1 N–H and O–H groups in total. The van der Waals surface area contributed by atoms with Gasteiger partial charge in [-0.2, -0.15) is 0 Å². The molecule has 3 aliphatic rings. The molecule has 3 aliphatic carbocycles. The highest BCUT2D eigenvalue weighted by molar-refractivity contribution is 9.12. The van der Waals surface area contributed by atoms with Gasteiger partial charge >= 0.3 is 0 Å². The van der Waals surface area contributed by atoms with Crippen molar-refractivity contribution in [2.24, 2.45) is 11.3 Å². The number of allylic oxidation sites excluding steroid dienone is 2. The van der Waals surface area contributed by atoms with Crippen LogP contribution in [0.2, 0.25) is 0 Å². The molecule has 0 amide bonds. The van der Waals surface area contributed by atoms with Crippen molar-refractivity contribution in [3.05, 3.63) is 33.3 Å². The Morgan fingerprint density at radius 3 is 3.00 bits per heavy atom. The predicted molar refractivity (Wildman–Crippen MR) is 77.2 cm³/mol. The summed E-state index contributed by atoms with van der Waals surface area (Å²) < 4.78 is 0.796.